The first-order valence-corrected chi connectivity index (χ1v) is 9.69. The molecule has 2 unspecified atom stereocenters. The average molecular weight is 379 g/mol. The minimum Gasteiger partial charge on any atom is -0.481 e. The number of likely N-dealkylation sites (tertiary alicyclic amines) is 1. The van der Waals surface area contributed by atoms with E-state index in [0.29, 0.717) is 6.67 Å². The maximum atomic E-state index is 12.8. The van der Waals surface area contributed by atoms with Crippen molar-refractivity contribution in [2.24, 2.45) is 5.73 Å². The van der Waals surface area contributed by atoms with Crippen molar-refractivity contribution in [3.63, 3.8) is 0 Å². The van der Waals surface area contributed by atoms with E-state index < -0.39 is 12.0 Å². The van der Waals surface area contributed by atoms with Crippen LogP contribution in [0.4, 0.5) is 0 Å². The number of benzene rings is 1. The number of rotatable bonds is 6. The lowest BCUT2D eigenvalue weighted by Gasteiger charge is -2.40. The van der Waals surface area contributed by atoms with Gasteiger partial charge in [-0.05, 0) is 18.4 Å². The largest absolute Gasteiger partial charge is 0.481 e. The molecule has 8 heteroatoms. The molecule has 2 aliphatic heterocycles. The van der Waals surface area contributed by atoms with Gasteiger partial charge in [0.1, 0.15) is 12.6 Å². The Balaban J connectivity index is 1.68. The molecule has 2 fully saturated rings. The molecular weight excluding hydrogens is 354 g/mol. The molecule has 26 heavy (non-hydrogen) atoms. The Morgan fingerprint density at radius 2 is 2.00 bits per heavy atom. The van der Waals surface area contributed by atoms with Gasteiger partial charge in [0.15, 0.2) is 0 Å². The third kappa shape index (κ3) is 4.37. The number of carboxylic acid groups (broad SMARTS) is 1. The molecule has 2 aliphatic rings. The zero-order valence-electron chi connectivity index (χ0n) is 14.6. The van der Waals surface area contributed by atoms with Crippen molar-refractivity contribution in [1.82, 2.24) is 10.2 Å². The average Bonchev–Trinajstić information content (AvgIpc) is 2.98. The third-order valence-electron chi connectivity index (χ3n) is 5.04. The standard InChI is InChI=1S/C18H25N3O4S/c19-12-21-8-6-18(7-9-21)16(20-14(26-18)10-15(22)23)17(24)25-11-13-4-2-1-3-5-13/h1-5,14,16,20H,6-12,19H2,(H,22,23). The summed E-state index contributed by atoms with van der Waals surface area (Å²) >= 11 is 1.57. The lowest BCUT2D eigenvalue weighted by atomic mass is 9.88. The molecule has 0 amide bonds. The maximum absolute atomic E-state index is 12.8. The second kappa shape index (κ2) is 8.39. The number of nitrogens with two attached hydrogens (primary N) is 1. The van der Waals surface area contributed by atoms with Crippen LogP contribution in [-0.2, 0) is 20.9 Å². The minimum atomic E-state index is -0.872. The number of carboxylic acids is 1. The molecule has 4 N–H and O–H groups in total. The summed E-state index contributed by atoms with van der Waals surface area (Å²) in [5.74, 6) is -1.18. The molecule has 1 spiro atoms. The van der Waals surface area contributed by atoms with Crippen molar-refractivity contribution in [1.29, 1.82) is 0 Å². The monoisotopic (exact) mass is 379 g/mol. The summed E-state index contributed by atoms with van der Waals surface area (Å²) in [6.07, 6.45) is 1.54. The number of carbonyl (C=O) groups is 2. The van der Waals surface area contributed by atoms with Gasteiger partial charge in [-0.25, -0.2) is 0 Å². The molecule has 0 aromatic heterocycles. The number of hydrogen-bond donors (Lipinski definition) is 3. The summed E-state index contributed by atoms with van der Waals surface area (Å²) in [4.78, 5) is 26.1. The summed E-state index contributed by atoms with van der Waals surface area (Å²) < 4.78 is 5.21. The van der Waals surface area contributed by atoms with Crippen LogP contribution < -0.4 is 11.1 Å². The van der Waals surface area contributed by atoms with Gasteiger partial charge in [0.2, 0.25) is 0 Å². The molecule has 0 bridgehead atoms. The van der Waals surface area contributed by atoms with Gasteiger partial charge < -0.3 is 15.6 Å². The Hall–Kier alpha value is -1.61. The van der Waals surface area contributed by atoms with Gasteiger partial charge in [0.05, 0.1) is 11.8 Å². The van der Waals surface area contributed by atoms with E-state index in [1.807, 2.05) is 30.3 Å². The number of hydrogen-bond acceptors (Lipinski definition) is 7. The fraction of sp³-hybridized carbons (Fsp3) is 0.556. The number of thioether (sulfide) groups is 1. The topological polar surface area (TPSA) is 105 Å². The predicted octanol–water partition coefficient (Wildman–Crippen LogP) is 0.986. The molecule has 0 aliphatic carbocycles. The van der Waals surface area contributed by atoms with E-state index in [-0.39, 0.29) is 29.1 Å². The first kappa shape index (κ1) is 19.2. The van der Waals surface area contributed by atoms with E-state index in [9.17, 15) is 9.59 Å². The zero-order valence-corrected chi connectivity index (χ0v) is 15.4. The fourth-order valence-electron chi connectivity index (χ4n) is 3.60. The van der Waals surface area contributed by atoms with Crippen molar-refractivity contribution in [2.45, 2.75) is 42.0 Å². The SMILES string of the molecule is NCN1CCC2(CC1)SC(CC(=O)O)NC2C(=O)OCc1ccccc1. The van der Waals surface area contributed by atoms with Crippen LogP contribution in [0.1, 0.15) is 24.8 Å². The number of piperidine rings is 1. The first-order valence-electron chi connectivity index (χ1n) is 8.81. The van der Waals surface area contributed by atoms with Gasteiger partial charge in [-0.3, -0.25) is 19.8 Å². The van der Waals surface area contributed by atoms with E-state index in [1.54, 1.807) is 11.8 Å². The van der Waals surface area contributed by atoms with E-state index in [0.717, 1.165) is 31.5 Å². The van der Waals surface area contributed by atoms with Crippen LogP contribution in [0.3, 0.4) is 0 Å². The summed E-state index contributed by atoms with van der Waals surface area (Å²) in [7, 11) is 0. The van der Waals surface area contributed by atoms with E-state index in [4.69, 9.17) is 15.6 Å². The van der Waals surface area contributed by atoms with E-state index >= 15 is 0 Å². The smallest absolute Gasteiger partial charge is 0.324 e. The number of esters is 1. The summed E-state index contributed by atoms with van der Waals surface area (Å²) in [5.41, 5.74) is 6.66. The summed E-state index contributed by atoms with van der Waals surface area (Å²) in [6, 6.07) is 9.04. The maximum Gasteiger partial charge on any atom is 0.324 e. The molecule has 1 aromatic carbocycles. The molecule has 2 atom stereocenters. The van der Waals surface area contributed by atoms with Crippen LogP contribution in [0.25, 0.3) is 0 Å². The number of nitrogens with one attached hydrogen (secondary N) is 1. The van der Waals surface area contributed by atoms with E-state index in [2.05, 4.69) is 10.2 Å². The second-order valence-electron chi connectivity index (χ2n) is 6.76. The number of aliphatic carboxylic acids is 1. The third-order valence-corrected chi connectivity index (χ3v) is 6.74. The van der Waals surface area contributed by atoms with Crippen LogP contribution in [0.5, 0.6) is 0 Å². The van der Waals surface area contributed by atoms with Crippen molar-refractivity contribution in [2.75, 3.05) is 19.8 Å². The van der Waals surface area contributed by atoms with Gasteiger partial charge in [-0.15, -0.1) is 11.8 Å². The normalized spacial score (nSPS) is 25.3. The number of carbonyl (C=O) groups excluding carboxylic acids is 1. The zero-order chi connectivity index (χ0) is 18.6. The molecule has 7 nitrogen and oxygen atoms in total. The van der Waals surface area contributed by atoms with Crippen molar-refractivity contribution in [3.8, 4) is 0 Å². The van der Waals surface area contributed by atoms with Crippen LogP contribution in [0, 0.1) is 0 Å². The van der Waals surface area contributed by atoms with Gasteiger partial charge >= 0.3 is 11.9 Å². The van der Waals surface area contributed by atoms with Crippen molar-refractivity contribution >= 4 is 23.7 Å². The Morgan fingerprint density at radius 1 is 1.31 bits per heavy atom. The van der Waals surface area contributed by atoms with E-state index in [1.165, 1.54) is 0 Å². The van der Waals surface area contributed by atoms with Crippen LogP contribution in [0.15, 0.2) is 30.3 Å². The predicted molar refractivity (Wildman–Crippen MR) is 99.4 cm³/mol. The van der Waals surface area contributed by atoms with Crippen LogP contribution >= 0.6 is 11.8 Å². The highest BCUT2D eigenvalue weighted by molar-refractivity contribution is 8.01. The first-order chi connectivity index (χ1) is 12.5. The second-order valence-corrected chi connectivity index (χ2v) is 8.38. The molecule has 1 aromatic rings. The highest BCUT2D eigenvalue weighted by Crippen LogP contribution is 2.47. The Kier molecular flexibility index (Phi) is 6.18. The highest BCUT2D eigenvalue weighted by Gasteiger charge is 2.53. The highest BCUT2D eigenvalue weighted by atomic mass is 32.2. The van der Waals surface area contributed by atoms with Gasteiger partial charge in [-0.2, -0.15) is 0 Å². The lowest BCUT2D eigenvalue weighted by molar-refractivity contribution is -0.149. The molecule has 0 radical (unpaired) electrons. The van der Waals surface area contributed by atoms with Crippen LogP contribution in [0.2, 0.25) is 0 Å². The molecular formula is C18H25N3O4S. The Bertz CT molecular complexity index is 635. The number of ether oxygens (including phenoxy) is 1. The molecule has 2 heterocycles. The fourth-order valence-corrected chi connectivity index (χ4v) is 5.31. The minimum absolute atomic E-state index is 0.0184. The quantitative estimate of drug-likeness (QED) is 0.629. The van der Waals surface area contributed by atoms with Gasteiger partial charge in [-0.1, -0.05) is 30.3 Å². The molecule has 2 saturated heterocycles. The van der Waals surface area contributed by atoms with Gasteiger partial charge in [0.25, 0.3) is 0 Å². The van der Waals surface area contributed by atoms with Crippen molar-refractivity contribution in [3.05, 3.63) is 35.9 Å². The number of nitrogens with zero attached hydrogens (tertiary/aromatic N) is 1. The lowest BCUT2D eigenvalue weighted by Crippen LogP contribution is -2.54. The van der Waals surface area contributed by atoms with Crippen LogP contribution in [-0.4, -0.2) is 57.9 Å². The molecule has 3 rings (SSSR count). The molecule has 142 valence electrons. The molecule has 0 saturated carbocycles. The summed E-state index contributed by atoms with van der Waals surface area (Å²) in [5, 5.41) is 12.0. The van der Waals surface area contributed by atoms with Crippen molar-refractivity contribution < 1.29 is 19.4 Å². The van der Waals surface area contributed by atoms with Gasteiger partial charge in [0, 0.05) is 24.5 Å². The summed E-state index contributed by atoms with van der Waals surface area (Å²) in [6.45, 7) is 2.31. The Morgan fingerprint density at radius 3 is 2.62 bits per heavy atom. The Labute approximate surface area is 157 Å².